The largest absolute Gasteiger partial charge is 0.337 e. The number of carbonyl (C=O) groups is 1. The molecule has 1 heterocycles. The number of hydrogen-bond acceptors (Lipinski definition) is 3. The number of thioether (sulfide) groups is 1. The van der Waals surface area contributed by atoms with Crippen LogP contribution in [0.5, 0.6) is 0 Å². The number of rotatable bonds is 2. The van der Waals surface area contributed by atoms with E-state index in [2.05, 4.69) is 0 Å². The van der Waals surface area contributed by atoms with E-state index >= 15 is 0 Å². The first-order valence-corrected chi connectivity index (χ1v) is 6.62. The molecule has 0 spiro atoms. The van der Waals surface area contributed by atoms with E-state index in [0.717, 1.165) is 18.5 Å². The molecule has 0 aromatic heterocycles. The Morgan fingerprint density at radius 1 is 1.44 bits per heavy atom. The normalized spacial score (nSPS) is 20.1. The van der Waals surface area contributed by atoms with E-state index in [-0.39, 0.29) is 11.9 Å². The quantitative estimate of drug-likeness (QED) is 0.793. The number of nitrogens with two attached hydrogens (primary N) is 1. The van der Waals surface area contributed by atoms with Gasteiger partial charge in [0.05, 0.1) is 0 Å². The van der Waals surface area contributed by atoms with Gasteiger partial charge in [-0.3, -0.25) is 4.79 Å². The van der Waals surface area contributed by atoms with E-state index < -0.39 is 0 Å². The van der Waals surface area contributed by atoms with E-state index in [0.29, 0.717) is 6.54 Å². The molecule has 0 bridgehead atoms. The Bertz CT molecular complexity index is 377. The lowest BCUT2D eigenvalue weighted by molar-refractivity contribution is 0.0791. The predicted octanol–water partition coefficient (Wildman–Crippen LogP) is 1.58. The summed E-state index contributed by atoms with van der Waals surface area (Å²) >= 11 is 1.68. The SMILES string of the molecule is CSc1ccc(C(=O)N2CC[C@H](N)C2)cc1. The van der Waals surface area contributed by atoms with Crippen LogP contribution in [0, 0.1) is 0 Å². The highest BCUT2D eigenvalue weighted by atomic mass is 32.2. The van der Waals surface area contributed by atoms with Crippen molar-refractivity contribution in [3.63, 3.8) is 0 Å². The molecule has 3 nitrogen and oxygen atoms in total. The smallest absolute Gasteiger partial charge is 0.253 e. The van der Waals surface area contributed by atoms with Crippen molar-refractivity contribution in [3.05, 3.63) is 29.8 Å². The van der Waals surface area contributed by atoms with Gasteiger partial charge in [-0.1, -0.05) is 0 Å². The van der Waals surface area contributed by atoms with Crippen LogP contribution in [0.15, 0.2) is 29.2 Å². The Balaban J connectivity index is 2.08. The first-order valence-electron chi connectivity index (χ1n) is 5.39. The molecule has 1 saturated heterocycles. The van der Waals surface area contributed by atoms with Crippen LogP contribution >= 0.6 is 11.8 Å². The molecule has 4 heteroatoms. The Morgan fingerprint density at radius 2 is 2.12 bits per heavy atom. The molecule has 2 N–H and O–H groups in total. The third-order valence-corrected chi connectivity index (χ3v) is 3.59. The van der Waals surface area contributed by atoms with Crippen LogP contribution in [0.4, 0.5) is 0 Å². The van der Waals surface area contributed by atoms with Crippen LogP contribution in [-0.2, 0) is 0 Å². The van der Waals surface area contributed by atoms with Gasteiger partial charge in [-0.15, -0.1) is 11.8 Å². The van der Waals surface area contributed by atoms with E-state index in [9.17, 15) is 4.79 Å². The summed E-state index contributed by atoms with van der Waals surface area (Å²) < 4.78 is 0. The average molecular weight is 236 g/mol. The summed E-state index contributed by atoms with van der Waals surface area (Å²) in [6, 6.07) is 7.88. The second kappa shape index (κ2) is 4.89. The zero-order valence-electron chi connectivity index (χ0n) is 9.35. The Labute approximate surface area is 100.0 Å². The fraction of sp³-hybridized carbons (Fsp3) is 0.417. The standard InChI is InChI=1S/C12H16N2OS/c1-16-11-4-2-9(3-5-11)12(15)14-7-6-10(13)8-14/h2-5,10H,6-8,13H2,1H3/t10-/m0/s1. The third-order valence-electron chi connectivity index (χ3n) is 2.85. The highest BCUT2D eigenvalue weighted by Gasteiger charge is 2.24. The second-order valence-electron chi connectivity index (χ2n) is 4.03. The maximum Gasteiger partial charge on any atom is 0.253 e. The maximum absolute atomic E-state index is 12.1. The molecule has 2 rings (SSSR count). The van der Waals surface area contributed by atoms with E-state index in [1.165, 1.54) is 4.90 Å². The summed E-state index contributed by atoms with van der Waals surface area (Å²) in [5.41, 5.74) is 6.55. The Morgan fingerprint density at radius 3 is 2.62 bits per heavy atom. The fourth-order valence-electron chi connectivity index (χ4n) is 1.89. The summed E-state index contributed by atoms with van der Waals surface area (Å²) in [6.07, 6.45) is 2.94. The molecule has 0 aliphatic carbocycles. The summed E-state index contributed by atoms with van der Waals surface area (Å²) in [5, 5.41) is 0. The van der Waals surface area contributed by atoms with E-state index in [4.69, 9.17) is 5.73 Å². The zero-order valence-corrected chi connectivity index (χ0v) is 10.2. The van der Waals surface area contributed by atoms with Crippen LogP contribution < -0.4 is 5.73 Å². The van der Waals surface area contributed by atoms with Gasteiger partial charge in [-0.05, 0) is 36.9 Å². The average Bonchev–Trinajstić information content (AvgIpc) is 2.75. The van der Waals surface area contributed by atoms with E-state index in [1.807, 2.05) is 35.4 Å². The van der Waals surface area contributed by atoms with Gasteiger partial charge in [0.2, 0.25) is 0 Å². The molecule has 0 unspecified atom stereocenters. The van der Waals surface area contributed by atoms with Crippen molar-refractivity contribution >= 4 is 17.7 Å². The number of carbonyl (C=O) groups excluding carboxylic acids is 1. The number of amides is 1. The summed E-state index contributed by atoms with van der Waals surface area (Å²) in [6.45, 7) is 1.47. The maximum atomic E-state index is 12.1. The van der Waals surface area contributed by atoms with Crippen molar-refractivity contribution in [1.82, 2.24) is 4.90 Å². The molecule has 1 aliphatic heterocycles. The molecule has 1 atom stereocenters. The molecule has 1 amide bonds. The summed E-state index contributed by atoms with van der Waals surface area (Å²) in [4.78, 5) is 15.1. The third kappa shape index (κ3) is 2.39. The van der Waals surface area contributed by atoms with Crippen LogP contribution in [0.25, 0.3) is 0 Å². The van der Waals surface area contributed by atoms with Crippen LogP contribution in [-0.4, -0.2) is 36.2 Å². The van der Waals surface area contributed by atoms with E-state index in [1.54, 1.807) is 11.8 Å². The highest BCUT2D eigenvalue weighted by Crippen LogP contribution is 2.17. The molecular weight excluding hydrogens is 220 g/mol. The van der Waals surface area contributed by atoms with Crippen molar-refractivity contribution in [1.29, 1.82) is 0 Å². The molecule has 16 heavy (non-hydrogen) atoms. The molecular formula is C12H16N2OS. The lowest BCUT2D eigenvalue weighted by atomic mass is 10.2. The monoisotopic (exact) mass is 236 g/mol. The number of nitrogens with zero attached hydrogens (tertiary/aromatic N) is 1. The van der Waals surface area contributed by atoms with Gasteiger partial charge in [-0.2, -0.15) is 0 Å². The minimum absolute atomic E-state index is 0.0978. The van der Waals surface area contributed by atoms with Crippen LogP contribution in [0.2, 0.25) is 0 Å². The number of benzene rings is 1. The molecule has 1 aromatic rings. The van der Waals surface area contributed by atoms with Gasteiger partial charge in [0.15, 0.2) is 0 Å². The first kappa shape index (κ1) is 11.5. The highest BCUT2D eigenvalue weighted by molar-refractivity contribution is 7.98. The van der Waals surface area contributed by atoms with Crippen molar-refractivity contribution in [2.45, 2.75) is 17.4 Å². The Hall–Kier alpha value is -1.00. The minimum atomic E-state index is 0.0978. The van der Waals surface area contributed by atoms with Gasteiger partial charge in [-0.25, -0.2) is 0 Å². The minimum Gasteiger partial charge on any atom is -0.337 e. The number of hydrogen-bond donors (Lipinski definition) is 1. The van der Waals surface area contributed by atoms with Crippen LogP contribution in [0.1, 0.15) is 16.8 Å². The van der Waals surface area contributed by atoms with Crippen molar-refractivity contribution < 1.29 is 4.79 Å². The van der Waals surface area contributed by atoms with Gasteiger partial charge in [0.1, 0.15) is 0 Å². The van der Waals surface area contributed by atoms with Gasteiger partial charge < -0.3 is 10.6 Å². The fourth-order valence-corrected chi connectivity index (χ4v) is 2.30. The molecule has 0 radical (unpaired) electrons. The summed E-state index contributed by atoms with van der Waals surface area (Å²) in [5.74, 6) is 0.0978. The second-order valence-corrected chi connectivity index (χ2v) is 4.91. The van der Waals surface area contributed by atoms with Crippen LogP contribution in [0.3, 0.4) is 0 Å². The lowest BCUT2D eigenvalue weighted by Crippen LogP contribution is -2.31. The lowest BCUT2D eigenvalue weighted by Gasteiger charge is -2.15. The molecule has 0 saturated carbocycles. The molecule has 1 fully saturated rings. The van der Waals surface area contributed by atoms with Crippen molar-refractivity contribution in [2.24, 2.45) is 5.73 Å². The first-order chi connectivity index (χ1) is 7.70. The predicted molar refractivity (Wildman–Crippen MR) is 66.7 cm³/mol. The Kier molecular flexibility index (Phi) is 3.51. The van der Waals surface area contributed by atoms with Gasteiger partial charge in [0.25, 0.3) is 5.91 Å². The molecule has 1 aromatic carbocycles. The summed E-state index contributed by atoms with van der Waals surface area (Å²) in [7, 11) is 0. The number of likely N-dealkylation sites (tertiary alicyclic amines) is 1. The van der Waals surface area contributed by atoms with Crippen molar-refractivity contribution in [3.8, 4) is 0 Å². The van der Waals surface area contributed by atoms with Gasteiger partial charge >= 0.3 is 0 Å². The molecule has 1 aliphatic rings. The zero-order chi connectivity index (χ0) is 11.5. The molecule has 86 valence electrons. The topological polar surface area (TPSA) is 46.3 Å². The van der Waals surface area contributed by atoms with Gasteiger partial charge in [0, 0.05) is 29.6 Å². The van der Waals surface area contributed by atoms with Crippen molar-refractivity contribution in [2.75, 3.05) is 19.3 Å².